The van der Waals surface area contributed by atoms with Crippen LogP contribution >= 0.6 is 11.8 Å². The first kappa shape index (κ1) is 16.4. The molecule has 21 heavy (non-hydrogen) atoms. The van der Waals surface area contributed by atoms with Crippen molar-refractivity contribution in [1.82, 2.24) is 9.80 Å². The first-order valence-corrected chi connectivity index (χ1v) is 8.50. The molecule has 7 heteroatoms. The SMILES string of the molecule is CC1CN(C(=O)N2C(C(=O)O)CSC2C(C)C)CCCO1. The van der Waals surface area contributed by atoms with Crippen molar-refractivity contribution in [2.75, 3.05) is 25.4 Å². The highest BCUT2D eigenvalue weighted by Crippen LogP contribution is 2.35. The highest BCUT2D eigenvalue weighted by atomic mass is 32.2. The number of aliphatic carboxylic acids is 1. The van der Waals surface area contributed by atoms with E-state index in [0.29, 0.717) is 25.4 Å². The number of thioether (sulfide) groups is 1. The van der Waals surface area contributed by atoms with Crippen LogP contribution in [0.25, 0.3) is 0 Å². The zero-order valence-corrected chi connectivity index (χ0v) is 13.6. The molecule has 1 N–H and O–H groups in total. The highest BCUT2D eigenvalue weighted by molar-refractivity contribution is 8.00. The lowest BCUT2D eigenvalue weighted by molar-refractivity contribution is -0.141. The van der Waals surface area contributed by atoms with Gasteiger partial charge < -0.3 is 14.7 Å². The fourth-order valence-corrected chi connectivity index (χ4v) is 4.27. The fourth-order valence-electron chi connectivity index (χ4n) is 2.81. The normalized spacial score (nSPS) is 30.6. The Kier molecular flexibility index (Phi) is 5.37. The molecule has 0 aromatic carbocycles. The van der Waals surface area contributed by atoms with Gasteiger partial charge in [-0.2, -0.15) is 0 Å². The number of hydrogen-bond donors (Lipinski definition) is 1. The largest absolute Gasteiger partial charge is 0.480 e. The number of carboxylic acid groups (broad SMARTS) is 1. The molecule has 120 valence electrons. The molecule has 2 saturated heterocycles. The second-order valence-electron chi connectivity index (χ2n) is 5.99. The minimum Gasteiger partial charge on any atom is -0.480 e. The summed E-state index contributed by atoms with van der Waals surface area (Å²) in [6.45, 7) is 7.79. The van der Waals surface area contributed by atoms with Crippen LogP contribution in [-0.2, 0) is 9.53 Å². The molecule has 2 fully saturated rings. The van der Waals surface area contributed by atoms with Crippen molar-refractivity contribution in [3.63, 3.8) is 0 Å². The van der Waals surface area contributed by atoms with Gasteiger partial charge in [0.25, 0.3) is 0 Å². The van der Waals surface area contributed by atoms with Gasteiger partial charge in [0.1, 0.15) is 6.04 Å². The Hall–Kier alpha value is -0.950. The van der Waals surface area contributed by atoms with Crippen molar-refractivity contribution in [3.05, 3.63) is 0 Å². The third-order valence-electron chi connectivity index (χ3n) is 3.83. The van der Waals surface area contributed by atoms with Crippen molar-refractivity contribution >= 4 is 23.8 Å². The maximum absolute atomic E-state index is 12.8. The van der Waals surface area contributed by atoms with Crippen molar-refractivity contribution < 1.29 is 19.4 Å². The molecular weight excluding hydrogens is 292 g/mol. The summed E-state index contributed by atoms with van der Waals surface area (Å²) in [6, 6.07) is -0.891. The minimum atomic E-state index is -0.918. The zero-order chi connectivity index (χ0) is 15.6. The molecule has 0 saturated carbocycles. The number of ether oxygens (including phenoxy) is 1. The van der Waals surface area contributed by atoms with Crippen LogP contribution < -0.4 is 0 Å². The molecule has 0 spiro atoms. The minimum absolute atomic E-state index is 0.00696. The van der Waals surface area contributed by atoms with Gasteiger partial charge in [-0.15, -0.1) is 11.8 Å². The van der Waals surface area contributed by atoms with Crippen LogP contribution in [0.3, 0.4) is 0 Å². The van der Waals surface area contributed by atoms with E-state index >= 15 is 0 Å². The lowest BCUT2D eigenvalue weighted by atomic mass is 10.1. The van der Waals surface area contributed by atoms with Crippen LogP contribution in [0.4, 0.5) is 4.79 Å². The summed E-state index contributed by atoms with van der Waals surface area (Å²) in [4.78, 5) is 27.6. The van der Waals surface area contributed by atoms with Crippen LogP contribution in [0.5, 0.6) is 0 Å². The molecule has 0 aromatic rings. The first-order chi connectivity index (χ1) is 9.91. The zero-order valence-electron chi connectivity index (χ0n) is 12.8. The Morgan fingerprint density at radius 3 is 2.71 bits per heavy atom. The maximum atomic E-state index is 12.8. The third-order valence-corrected chi connectivity index (χ3v) is 5.45. The lowest BCUT2D eigenvalue weighted by Crippen LogP contribution is -2.53. The highest BCUT2D eigenvalue weighted by Gasteiger charge is 2.44. The van der Waals surface area contributed by atoms with Gasteiger partial charge in [0.05, 0.1) is 11.5 Å². The molecule has 3 unspecified atom stereocenters. The summed E-state index contributed by atoms with van der Waals surface area (Å²) in [5, 5.41) is 9.32. The Morgan fingerprint density at radius 1 is 1.38 bits per heavy atom. The molecule has 6 nitrogen and oxygen atoms in total. The molecule has 3 atom stereocenters. The molecule has 2 rings (SSSR count). The fraction of sp³-hybridized carbons (Fsp3) is 0.857. The van der Waals surface area contributed by atoms with Crippen molar-refractivity contribution in [2.24, 2.45) is 5.92 Å². The van der Waals surface area contributed by atoms with Gasteiger partial charge in [0.15, 0.2) is 0 Å². The number of carboxylic acids is 1. The predicted octanol–water partition coefficient (Wildman–Crippen LogP) is 1.70. The first-order valence-electron chi connectivity index (χ1n) is 7.45. The number of hydrogen-bond acceptors (Lipinski definition) is 4. The second-order valence-corrected chi connectivity index (χ2v) is 7.14. The summed E-state index contributed by atoms with van der Waals surface area (Å²) >= 11 is 1.56. The van der Waals surface area contributed by atoms with E-state index < -0.39 is 12.0 Å². The maximum Gasteiger partial charge on any atom is 0.327 e. The average molecular weight is 316 g/mol. The number of carbonyl (C=O) groups is 2. The summed E-state index contributed by atoms with van der Waals surface area (Å²) in [6.07, 6.45) is 0.786. The molecule has 2 heterocycles. The predicted molar refractivity (Wildman–Crippen MR) is 81.3 cm³/mol. The average Bonchev–Trinajstić information content (AvgIpc) is 2.75. The van der Waals surface area contributed by atoms with E-state index in [1.165, 1.54) is 0 Å². The number of nitrogens with zero attached hydrogens (tertiary/aromatic N) is 2. The smallest absolute Gasteiger partial charge is 0.327 e. The molecule has 0 aliphatic carbocycles. The van der Waals surface area contributed by atoms with E-state index in [1.54, 1.807) is 21.6 Å². The van der Waals surface area contributed by atoms with E-state index in [4.69, 9.17) is 4.74 Å². The monoisotopic (exact) mass is 316 g/mol. The van der Waals surface area contributed by atoms with Crippen LogP contribution in [-0.4, -0.2) is 69.9 Å². The second kappa shape index (κ2) is 6.87. The summed E-state index contributed by atoms with van der Waals surface area (Å²) < 4.78 is 5.56. The number of carbonyl (C=O) groups excluding carboxylic acids is 1. The Labute approximate surface area is 129 Å². The van der Waals surface area contributed by atoms with Gasteiger partial charge in [-0.3, -0.25) is 4.90 Å². The topological polar surface area (TPSA) is 70.1 Å². The molecule has 2 amide bonds. The molecule has 0 radical (unpaired) electrons. The van der Waals surface area contributed by atoms with Crippen LogP contribution in [0.2, 0.25) is 0 Å². The van der Waals surface area contributed by atoms with Gasteiger partial charge >= 0.3 is 12.0 Å². The van der Waals surface area contributed by atoms with E-state index in [-0.39, 0.29) is 23.4 Å². The van der Waals surface area contributed by atoms with Crippen LogP contribution in [0.1, 0.15) is 27.2 Å². The molecule has 2 aliphatic rings. The van der Waals surface area contributed by atoms with Crippen LogP contribution in [0.15, 0.2) is 0 Å². The van der Waals surface area contributed by atoms with Crippen molar-refractivity contribution in [3.8, 4) is 0 Å². The van der Waals surface area contributed by atoms with Gasteiger partial charge in [-0.25, -0.2) is 9.59 Å². The molecule has 0 aromatic heterocycles. The molecular formula is C14H24N2O4S. The van der Waals surface area contributed by atoms with Gasteiger partial charge in [-0.1, -0.05) is 13.8 Å². The van der Waals surface area contributed by atoms with Gasteiger partial charge in [0.2, 0.25) is 0 Å². The number of rotatable bonds is 2. The summed E-state index contributed by atoms with van der Waals surface area (Å²) in [5.74, 6) is -0.230. The van der Waals surface area contributed by atoms with Crippen LogP contribution in [0, 0.1) is 5.92 Å². The lowest BCUT2D eigenvalue weighted by Gasteiger charge is -2.34. The van der Waals surface area contributed by atoms with E-state index in [0.717, 1.165) is 6.42 Å². The van der Waals surface area contributed by atoms with Gasteiger partial charge in [0, 0.05) is 25.4 Å². The Morgan fingerprint density at radius 2 is 2.10 bits per heavy atom. The summed E-state index contributed by atoms with van der Waals surface area (Å²) in [5.41, 5.74) is 0. The van der Waals surface area contributed by atoms with E-state index in [2.05, 4.69) is 0 Å². The van der Waals surface area contributed by atoms with Gasteiger partial charge in [-0.05, 0) is 19.3 Å². The van der Waals surface area contributed by atoms with Crippen molar-refractivity contribution in [2.45, 2.75) is 44.7 Å². The molecule has 2 aliphatic heterocycles. The Bertz CT molecular complexity index is 404. The number of amides is 2. The summed E-state index contributed by atoms with van der Waals surface area (Å²) in [7, 11) is 0. The number of urea groups is 1. The van der Waals surface area contributed by atoms with E-state index in [9.17, 15) is 14.7 Å². The Balaban J connectivity index is 2.17. The standard InChI is InChI=1S/C14H24N2O4S/c1-9(2)12-16(11(8-21-12)13(17)18)14(19)15-5-4-6-20-10(3)7-15/h9-12H,4-8H2,1-3H3,(H,17,18). The quantitative estimate of drug-likeness (QED) is 0.840. The van der Waals surface area contributed by atoms with E-state index in [1.807, 2.05) is 20.8 Å². The third kappa shape index (κ3) is 3.63. The molecule has 0 bridgehead atoms. The van der Waals surface area contributed by atoms with Crippen molar-refractivity contribution in [1.29, 1.82) is 0 Å².